The van der Waals surface area contributed by atoms with Gasteiger partial charge in [0.05, 0.1) is 0 Å². The number of piperidine rings is 2. The zero-order chi connectivity index (χ0) is 12.8. The van der Waals surface area contributed by atoms with Gasteiger partial charge in [-0.15, -0.1) is 0 Å². The minimum absolute atomic E-state index is 0.416. The first kappa shape index (κ1) is 13.0. The molecule has 102 valence electrons. The molecule has 0 aromatic heterocycles. The first-order valence-electron chi connectivity index (χ1n) is 6.81. The van der Waals surface area contributed by atoms with Crippen molar-refractivity contribution in [2.75, 3.05) is 26.2 Å². The molecule has 2 aliphatic rings. The molecule has 6 heteroatoms. The van der Waals surface area contributed by atoms with Crippen LogP contribution < -0.4 is 0 Å². The summed E-state index contributed by atoms with van der Waals surface area (Å²) in [5, 5.41) is 25.2. The van der Waals surface area contributed by atoms with Crippen molar-refractivity contribution in [2.24, 2.45) is 10.3 Å². The Labute approximate surface area is 108 Å². The molecule has 2 fully saturated rings. The van der Waals surface area contributed by atoms with Crippen molar-refractivity contribution in [3.8, 4) is 0 Å². The van der Waals surface area contributed by atoms with Crippen molar-refractivity contribution in [1.82, 2.24) is 9.80 Å². The van der Waals surface area contributed by atoms with E-state index in [1.807, 2.05) is 9.80 Å². The van der Waals surface area contributed by atoms with E-state index in [9.17, 15) is 10.4 Å². The van der Waals surface area contributed by atoms with E-state index in [1.54, 1.807) is 0 Å². The molecule has 18 heavy (non-hydrogen) atoms. The van der Waals surface area contributed by atoms with Crippen molar-refractivity contribution >= 4 is 11.7 Å². The van der Waals surface area contributed by atoms with E-state index >= 15 is 0 Å². The van der Waals surface area contributed by atoms with E-state index in [4.69, 9.17) is 0 Å². The van der Waals surface area contributed by atoms with Crippen LogP contribution in [0.5, 0.6) is 0 Å². The Morgan fingerprint density at radius 1 is 0.611 bits per heavy atom. The maximum atomic E-state index is 9.24. The third kappa shape index (κ3) is 2.86. The smallest absolute Gasteiger partial charge is 0.214 e. The van der Waals surface area contributed by atoms with E-state index in [-0.39, 0.29) is 0 Å². The molecule has 0 unspecified atom stereocenters. The van der Waals surface area contributed by atoms with Crippen molar-refractivity contribution < 1.29 is 10.4 Å². The van der Waals surface area contributed by atoms with Crippen LogP contribution >= 0.6 is 0 Å². The number of hydrogen-bond acceptors (Lipinski definition) is 4. The molecule has 2 saturated heterocycles. The summed E-state index contributed by atoms with van der Waals surface area (Å²) in [6, 6.07) is 0. The molecule has 2 rings (SSSR count). The van der Waals surface area contributed by atoms with Gasteiger partial charge in [0, 0.05) is 26.2 Å². The van der Waals surface area contributed by atoms with E-state index < -0.39 is 0 Å². The maximum Gasteiger partial charge on any atom is 0.214 e. The van der Waals surface area contributed by atoms with Gasteiger partial charge in [-0.3, -0.25) is 0 Å². The second-order valence-electron chi connectivity index (χ2n) is 4.94. The largest absolute Gasteiger partial charge is 0.409 e. The molecule has 0 aromatic rings. The summed E-state index contributed by atoms with van der Waals surface area (Å²) in [5.74, 6) is 0.832. The lowest BCUT2D eigenvalue weighted by molar-refractivity contribution is 0.268. The molecule has 6 nitrogen and oxygen atoms in total. The molecule has 0 radical (unpaired) electrons. The molecule has 2 heterocycles. The lowest BCUT2D eigenvalue weighted by Crippen LogP contribution is -2.48. The topological polar surface area (TPSA) is 71.7 Å². The second-order valence-corrected chi connectivity index (χ2v) is 4.94. The highest BCUT2D eigenvalue weighted by atomic mass is 16.4. The highest BCUT2D eigenvalue weighted by Crippen LogP contribution is 2.14. The van der Waals surface area contributed by atoms with Crippen LogP contribution in [0.15, 0.2) is 10.3 Å². The second kappa shape index (κ2) is 6.47. The van der Waals surface area contributed by atoms with Crippen LogP contribution in [0.2, 0.25) is 0 Å². The van der Waals surface area contributed by atoms with Gasteiger partial charge in [0.25, 0.3) is 0 Å². The van der Waals surface area contributed by atoms with E-state index in [0.29, 0.717) is 11.7 Å². The van der Waals surface area contributed by atoms with Gasteiger partial charge >= 0.3 is 0 Å². The van der Waals surface area contributed by atoms with Gasteiger partial charge in [0.1, 0.15) is 0 Å². The Hall–Kier alpha value is -1.46. The van der Waals surface area contributed by atoms with E-state index in [0.717, 1.165) is 51.9 Å². The maximum absolute atomic E-state index is 9.24. The van der Waals surface area contributed by atoms with Crippen LogP contribution in [0.4, 0.5) is 0 Å². The van der Waals surface area contributed by atoms with Crippen LogP contribution in [0.25, 0.3) is 0 Å². The normalized spacial score (nSPS) is 23.3. The molecular weight excluding hydrogens is 232 g/mol. The van der Waals surface area contributed by atoms with Crippen LogP contribution in [0.1, 0.15) is 38.5 Å². The number of oxime groups is 2. The molecule has 0 saturated carbocycles. The Balaban J connectivity index is 2.08. The SMILES string of the molecule is ON=C(C(=NO)N1CCCCC1)N1CCCCC1. The fraction of sp³-hybridized carbons (Fsp3) is 0.833. The highest BCUT2D eigenvalue weighted by molar-refractivity contribution is 6.39. The summed E-state index contributed by atoms with van der Waals surface area (Å²) < 4.78 is 0. The fourth-order valence-corrected chi connectivity index (χ4v) is 2.71. The lowest BCUT2D eigenvalue weighted by Gasteiger charge is -2.34. The van der Waals surface area contributed by atoms with Crippen molar-refractivity contribution in [1.29, 1.82) is 0 Å². The average Bonchev–Trinajstić information content (AvgIpc) is 2.46. The Bertz CT molecular complexity index is 286. The molecular formula is C12H22N4O2. The van der Waals surface area contributed by atoms with E-state index in [2.05, 4.69) is 10.3 Å². The minimum atomic E-state index is 0.416. The van der Waals surface area contributed by atoms with Crippen molar-refractivity contribution in [3.05, 3.63) is 0 Å². The summed E-state index contributed by atoms with van der Waals surface area (Å²) in [6.45, 7) is 3.47. The summed E-state index contributed by atoms with van der Waals surface area (Å²) in [5.41, 5.74) is 0. The number of likely N-dealkylation sites (tertiary alicyclic amines) is 2. The van der Waals surface area contributed by atoms with Crippen LogP contribution in [-0.2, 0) is 0 Å². The predicted molar refractivity (Wildman–Crippen MR) is 69.3 cm³/mol. The zero-order valence-corrected chi connectivity index (χ0v) is 10.8. The molecule has 0 bridgehead atoms. The first-order chi connectivity index (χ1) is 8.86. The Morgan fingerprint density at radius 3 is 1.22 bits per heavy atom. The number of amidine groups is 2. The standard InChI is InChI=1S/C12H22N4O2/c17-13-11(15-7-3-1-4-8-15)12(14-18)16-9-5-2-6-10-16/h17-18H,1-10H2. The molecule has 0 amide bonds. The molecule has 0 atom stereocenters. The van der Waals surface area contributed by atoms with Crippen LogP contribution in [0.3, 0.4) is 0 Å². The molecule has 0 spiro atoms. The van der Waals surface area contributed by atoms with Crippen molar-refractivity contribution in [3.63, 3.8) is 0 Å². The summed E-state index contributed by atoms with van der Waals surface area (Å²) in [4.78, 5) is 4.01. The van der Waals surface area contributed by atoms with Gasteiger partial charge < -0.3 is 20.2 Å². The summed E-state index contributed by atoms with van der Waals surface area (Å²) in [6.07, 6.45) is 6.81. The number of rotatable bonds is 0. The average molecular weight is 254 g/mol. The van der Waals surface area contributed by atoms with Crippen LogP contribution in [-0.4, -0.2) is 58.1 Å². The third-order valence-corrected chi connectivity index (χ3v) is 3.70. The lowest BCUT2D eigenvalue weighted by atomic mass is 10.1. The van der Waals surface area contributed by atoms with Gasteiger partial charge in [-0.05, 0) is 38.5 Å². The first-order valence-corrected chi connectivity index (χ1v) is 6.81. The minimum Gasteiger partial charge on any atom is -0.409 e. The molecule has 0 aromatic carbocycles. The van der Waals surface area contributed by atoms with Crippen LogP contribution in [0, 0.1) is 0 Å². The molecule has 0 aliphatic carbocycles. The monoisotopic (exact) mass is 254 g/mol. The van der Waals surface area contributed by atoms with Gasteiger partial charge in [0.2, 0.25) is 11.7 Å². The third-order valence-electron chi connectivity index (χ3n) is 3.70. The number of nitrogens with zero attached hydrogens (tertiary/aromatic N) is 4. The summed E-state index contributed by atoms with van der Waals surface area (Å²) in [7, 11) is 0. The van der Waals surface area contributed by atoms with E-state index in [1.165, 1.54) is 12.8 Å². The number of hydrogen-bond donors (Lipinski definition) is 2. The Kier molecular flexibility index (Phi) is 4.66. The summed E-state index contributed by atoms with van der Waals surface area (Å²) >= 11 is 0. The van der Waals surface area contributed by atoms with Gasteiger partial charge in [-0.25, -0.2) is 0 Å². The molecule has 2 aliphatic heterocycles. The van der Waals surface area contributed by atoms with Gasteiger partial charge in [0.15, 0.2) is 0 Å². The molecule has 2 N–H and O–H groups in total. The highest BCUT2D eigenvalue weighted by Gasteiger charge is 2.26. The predicted octanol–water partition coefficient (Wildman–Crippen LogP) is 1.53. The Morgan fingerprint density at radius 2 is 0.944 bits per heavy atom. The fourth-order valence-electron chi connectivity index (χ4n) is 2.71. The quantitative estimate of drug-likeness (QED) is 0.298. The van der Waals surface area contributed by atoms with Gasteiger partial charge in [-0.1, -0.05) is 10.3 Å². The van der Waals surface area contributed by atoms with Crippen molar-refractivity contribution in [2.45, 2.75) is 38.5 Å². The zero-order valence-electron chi connectivity index (χ0n) is 10.8. The van der Waals surface area contributed by atoms with Gasteiger partial charge in [-0.2, -0.15) is 0 Å².